The van der Waals surface area contributed by atoms with Gasteiger partial charge in [-0.3, -0.25) is 9.36 Å². The number of aryl methyl sites for hydroxylation is 1. The van der Waals surface area contributed by atoms with E-state index in [4.69, 9.17) is 9.72 Å². The van der Waals surface area contributed by atoms with Crippen LogP contribution in [-0.2, 0) is 23.6 Å². The van der Waals surface area contributed by atoms with Gasteiger partial charge in [-0.25, -0.2) is 9.67 Å². The molecule has 0 N–H and O–H groups in total. The lowest BCUT2D eigenvalue weighted by Crippen LogP contribution is -2.24. The van der Waals surface area contributed by atoms with Crippen LogP contribution in [0.25, 0.3) is 10.9 Å². The second-order valence-electron chi connectivity index (χ2n) is 7.10. The standard InChI is InChI=1S/C20H28N6O2S/c1-4-5-12-26-18(22-23-24-26)14-29-20-21-17-10-7-6-9-16(17)19(27)25(20)11-8-13-28-15(2)3/h6-7,9-10,15H,4-5,8,11-14H2,1-3H3. The van der Waals surface area contributed by atoms with E-state index < -0.39 is 0 Å². The average molecular weight is 417 g/mol. The molecule has 2 aromatic heterocycles. The molecule has 0 aliphatic carbocycles. The molecule has 0 radical (unpaired) electrons. The highest BCUT2D eigenvalue weighted by atomic mass is 32.2. The van der Waals surface area contributed by atoms with Crippen molar-refractivity contribution in [1.82, 2.24) is 29.8 Å². The van der Waals surface area contributed by atoms with Gasteiger partial charge in [-0.15, -0.1) is 5.10 Å². The second kappa shape index (κ2) is 10.5. The van der Waals surface area contributed by atoms with E-state index >= 15 is 0 Å². The van der Waals surface area contributed by atoms with Crippen molar-refractivity contribution in [2.75, 3.05) is 6.61 Å². The third kappa shape index (κ3) is 5.63. The summed E-state index contributed by atoms with van der Waals surface area (Å²) in [6, 6.07) is 7.46. The lowest BCUT2D eigenvalue weighted by Gasteiger charge is -2.14. The van der Waals surface area contributed by atoms with E-state index in [1.54, 1.807) is 4.57 Å². The van der Waals surface area contributed by atoms with Crippen LogP contribution in [0.1, 0.15) is 45.9 Å². The SMILES string of the molecule is CCCCn1nnnc1CSc1nc2ccccc2c(=O)n1CCCOC(C)C. The number of nitrogens with zero attached hydrogens (tertiary/aromatic N) is 6. The van der Waals surface area contributed by atoms with E-state index in [0.29, 0.717) is 35.0 Å². The fourth-order valence-corrected chi connectivity index (χ4v) is 3.89. The molecule has 0 atom stereocenters. The Morgan fingerprint density at radius 3 is 2.79 bits per heavy atom. The zero-order chi connectivity index (χ0) is 20.6. The summed E-state index contributed by atoms with van der Waals surface area (Å²) in [6.45, 7) is 8.12. The van der Waals surface area contributed by atoms with Gasteiger partial charge >= 0.3 is 0 Å². The maximum atomic E-state index is 13.1. The Balaban J connectivity index is 1.82. The number of unbranched alkanes of at least 4 members (excludes halogenated alkanes) is 1. The lowest BCUT2D eigenvalue weighted by molar-refractivity contribution is 0.0743. The molecule has 0 unspecified atom stereocenters. The van der Waals surface area contributed by atoms with Gasteiger partial charge in [0.25, 0.3) is 5.56 Å². The van der Waals surface area contributed by atoms with Crippen LogP contribution in [-0.4, -0.2) is 42.5 Å². The summed E-state index contributed by atoms with van der Waals surface area (Å²) in [4.78, 5) is 17.8. The first-order chi connectivity index (χ1) is 14.1. The van der Waals surface area contributed by atoms with Crippen LogP contribution >= 0.6 is 11.8 Å². The van der Waals surface area contributed by atoms with Crippen LogP contribution in [0.5, 0.6) is 0 Å². The maximum Gasteiger partial charge on any atom is 0.262 e. The fraction of sp³-hybridized carbons (Fsp3) is 0.550. The summed E-state index contributed by atoms with van der Waals surface area (Å²) >= 11 is 1.49. The van der Waals surface area contributed by atoms with E-state index in [9.17, 15) is 4.79 Å². The van der Waals surface area contributed by atoms with Crippen molar-refractivity contribution in [1.29, 1.82) is 0 Å². The van der Waals surface area contributed by atoms with Crippen LogP contribution in [0, 0.1) is 0 Å². The Morgan fingerprint density at radius 1 is 1.17 bits per heavy atom. The third-order valence-electron chi connectivity index (χ3n) is 4.46. The van der Waals surface area contributed by atoms with Gasteiger partial charge in [0.05, 0.1) is 22.8 Å². The van der Waals surface area contributed by atoms with Crippen molar-refractivity contribution in [3.8, 4) is 0 Å². The average Bonchev–Trinajstić information content (AvgIpc) is 3.16. The molecule has 0 saturated carbocycles. The van der Waals surface area contributed by atoms with Crippen molar-refractivity contribution in [2.24, 2.45) is 0 Å². The molecule has 0 fully saturated rings. The fourth-order valence-electron chi connectivity index (χ4n) is 2.93. The molecular weight excluding hydrogens is 388 g/mol. The minimum atomic E-state index is -0.0202. The smallest absolute Gasteiger partial charge is 0.262 e. The lowest BCUT2D eigenvalue weighted by atomic mass is 10.2. The molecule has 0 bridgehead atoms. The molecule has 0 saturated heterocycles. The summed E-state index contributed by atoms with van der Waals surface area (Å²) in [7, 11) is 0. The molecule has 29 heavy (non-hydrogen) atoms. The number of hydrogen-bond acceptors (Lipinski definition) is 7. The molecule has 1 aromatic carbocycles. The summed E-state index contributed by atoms with van der Waals surface area (Å²) in [5.74, 6) is 1.35. The highest BCUT2D eigenvalue weighted by Gasteiger charge is 2.14. The molecule has 0 aliphatic rings. The first-order valence-corrected chi connectivity index (χ1v) is 11.1. The summed E-state index contributed by atoms with van der Waals surface area (Å²) in [5, 5.41) is 13.3. The molecule has 2 heterocycles. The molecule has 0 amide bonds. The quantitative estimate of drug-likeness (QED) is 0.269. The molecule has 8 nitrogen and oxygen atoms in total. The van der Waals surface area contributed by atoms with Crippen LogP contribution in [0.4, 0.5) is 0 Å². The second-order valence-corrected chi connectivity index (χ2v) is 8.04. The van der Waals surface area contributed by atoms with Crippen LogP contribution in [0.15, 0.2) is 34.2 Å². The van der Waals surface area contributed by atoms with Gasteiger partial charge in [-0.2, -0.15) is 0 Å². The molecule has 0 spiro atoms. The zero-order valence-electron chi connectivity index (χ0n) is 17.2. The van der Waals surface area contributed by atoms with Gasteiger partial charge in [0.15, 0.2) is 11.0 Å². The number of tetrazole rings is 1. The molecule has 9 heteroatoms. The van der Waals surface area contributed by atoms with E-state index in [0.717, 1.165) is 31.6 Å². The number of benzene rings is 1. The van der Waals surface area contributed by atoms with Gasteiger partial charge in [-0.05, 0) is 49.2 Å². The zero-order valence-corrected chi connectivity index (χ0v) is 18.1. The minimum absolute atomic E-state index is 0.0202. The monoisotopic (exact) mass is 416 g/mol. The Morgan fingerprint density at radius 2 is 2.00 bits per heavy atom. The molecule has 156 valence electrons. The third-order valence-corrected chi connectivity index (χ3v) is 5.44. The maximum absolute atomic E-state index is 13.1. The summed E-state index contributed by atoms with van der Waals surface area (Å²) in [5.41, 5.74) is 0.688. The van der Waals surface area contributed by atoms with Gasteiger partial charge in [0.2, 0.25) is 0 Å². The van der Waals surface area contributed by atoms with Gasteiger partial charge in [0, 0.05) is 19.7 Å². The van der Waals surface area contributed by atoms with Crippen molar-refractivity contribution in [3.05, 3.63) is 40.4 Å². The Bertz CT molecular complexity index is 985. The number of thioether (sulfide) groups is 1. The van der Waals surface area contributed by atoms with Crippen molar-refractivity contribution in [2.45, 2.75) is 70.1 Å². The largest absolute Gasteiger partial charge is 0.379 e. The first-order valence-electron chi connectivity index (χ1n) is 10.1. The number of rotatable bonds is 11. The first kappa shape index (κ1) is 21.4. The Labute approximate surface area is 174 Å². The highest BCUT2D eigenvalue weighted by molar-refractivity contribution is 7.98. The number of para-hydroxylation sites is 1. The predicted molar refractivity (Wildman–Crippen MR) is 114 cm³/mol. The summed E-state index contributed by atoms with van der Waals surface area (Å²) < 4.78 is 9.21. The molecule has 3 aromatic rings. The highest BCUT2D eigenvalue weighted by Crippen LogP contribution is 2.21. The number of ether oxygens (including phenoxy) is 1. The number of fused-ring (bicyclic) bond motifs is 1. The van der Waals surface area contributed by atoms with Crippen LogP contribution < -0.4 is 5.56 Å². The Kier molecular flexibility index (Phi) is 7.76. The topological polar surface area (TPSA) is 87.7 Å². The van der Waals surface area contributed by atoms with E-state index in [1.165, 1.54) is 11.8 Å². The number of aromatic nitrogens is 6. The summed E-state index contributed by atoms with van der Waals surface area (Å²) in [6.07, 6.45) is 3.03. The van der Waals surface area contributed by atoms with E-state index in [-0.39, 0.29) is 11.7 Å². The van der Waals surface area contributed by atoms with Crippen molar-refractivity contribution >= 4 is 22.7 Å². The predicted octanol–water partition coefficient (Wildman–Crippen LogP) is 3.29. The normalized spacial score (nSPS) is 11.6. The minimum Gasteiger partial charge on any atom is -0.379 e. The Hall–Kier alpha value is -2.26. The number of hydrogen-bond donors (Lipinski definition) is 0. The van der Waals surface area contributed by atoms with E-state index in [1.807, 2.05) is 42.8 Å². The van der Waals surface area contributed by atoms with Gasteiger partial charge < -0.3 is 4.74 Å². The van der Waals surface area contributed by atoms with Crippen LogP contribution in [0.3, 0.4) is 0 Å². The molecular formula is C20H28N6O2S. The van der Waals surface area contributed by atoms with Gasteiger partial charge in [-0.1, -0.05) is 37.2 Å². The van der Waals surface area contributed by atoms with E-state index in [2.05, 4.69) is 22.4 Å². The van der Waals surface area contributed by atoms with Crippen LogP contribution in [0.2, 0.25) is 0 Å². The molecule has 0 aliphatic heterocycles. The molecule has 3 rings (SSSR count). The van der Waals surface area contributed by atoms with Crippen molar-refractivity contribution < 1.29 is 4.74 Å². The van der Waals surface area contributed by atoms with Crippen molar-refractivity contribution in [3.63, 3.8) is 0 Å². The van der Waals surface area contributed by atoms with Gasteiger partial charge in [0.1, 0.15) is 0 Å².